The Labute approximate surface area is 204 Å². The molecule has 0 unspecified atom stereocenters. The third-order valence-electron chi connectivity index (χ3n) is 6.81. The number of nitrogens with zero attached hydrogens (tertiary/aromatic N) is 5. The van der Waals surface area contributed by atoms with Crippen LogP contribution in [-0.4, -0.2) is 38.9 Å². The number of carbonyl (C=O) groups is 1. The van der Waals surface area contributed by atoms with Crippen LogP contribution in [0.5, 0.6) is 0 Å². The normalized spacial score (nSPS) is 16.4. The van der Waals surface area contributed by atoms with E-state index in [4.69, 9.17) is 16.6 Å². The summed E-state index contributed by atoms with van der Waals surface area (Å²) in [5.74, 6) is 1.42. The largest absolute Gasteiger partial charge is 0.365 e. The molecule has 1 spiro atoms. The third kappa shape index (κ3) is 5.12. The van der Waals surface area contributed by atoms with Crippen molar-refractivity contribution < 1.29 is 4.79 Å². The van der Waals surface area contributed by atoms with E-state index < -0.39 is 0 Å². The predicted octanol–water partition coefficient (Wildman–Crippen LogP) is 4.15. The third-order valence-corrected chi connectivity index (χ3v) is 7.21. The van der Waals surface area contributed by atoms with Crippen LogP contribution >= 0.6 is 11.6 Å². The van der Waals surface area contributed by atoms with E-state index in [9.17, 15) is 4.79 Å². The van der Waals surface area contributed by atoms with E-state index in [1.807, 2.05) is 25.1 Å². The fourth-order valence-corrected chi connectivity index (χ4v) is 4.49. The molecule has 1 saturated carbocycles. The summed E-state index contributed by atoms with van der Waals surface area (Å²) in [6.07, 6.45) is 9.96. The van der Waals surface area contributed by atoms with Crippen LogP contribution in [0.4, 0.5) is 11.8 Å². The lowest BCUT2D eigenvalue weighted by Gasteiger charge is -2.32. The van der Waals surface area contributed by atoms with Gasteiger partial charge in [0.1, 0.15) is 17.2 Å². The average Bonchev–Trinajstić information content (AvgIpc) is 3.63. The van der Waals surface area contributed by atoms with Crippen molar-refractivity contribution in [3.8, 4) is 0 Å². The molecule has 1 aliphatic heterocycles. The molecule has 176 valence electrons. The standard InChI is InChI=1S/C25H28ClN7O/c1-17-3-4-18(13-20(17)26)14-29-22-19(23(34)30-16-21-27-9-2-10-28-21)15-31-24(32-22)33-11-7-25(5-6-25)8-12-33/h2-4,9-10,13,15H,5-8,11-12,14,16H2,1H3,(H,30,34)(H,29,31,32). The van der Waals surface area contributed by atoms with Crippen molar-refractivity contribution in [3.05, 3.63) is 70.4 Å². The zero-order chi connectivity index (χ0) is 23.5. The van der Waals surface area contributed by atoms with E-state index in [-0.39, 0.29) is 12.5 Å². The predicted molar refractivity (Wildman–Crippen MR) is 132 cm³/mol. The number of aryl methyl sites for hydroxylation is 1. The van der Waals surface area contributed by atoms with Gasteiger partial charge in [-0.15, -0.1) is 0 Å². The van der Waals surface area contributed by atoms with Crippen LogP contribution in [0.3, 0.4) is 0 Å². The summed E-state index contributed by atoms with van der Waals surface area (Å²) < 4.78 is 0. The van der Waals surface area contributed by atoms with Crippen molar-refractivity contribution in [2.45, 2.75) is 45.7 Å². The molecule has 1 aromatic carbocycles. The Balaban J connectivity index is 1.34. The van der Waals surface area contributed by atoms with Gasteiger partial charge < -0.3 is 15.5 Å². The van der Waals surface area contributed by atoms with E-state index in [2.05, 4.69) is 30.5 Å². The number of halogens is 1. The summed E-state index contributed by atoms with van der Waals surface area (Å²) in [6, 6.07) is 7.67. The van der Waals surface area contributed by atoms with E-state index in [0.29, 0.717) is 40.1 Å². The van der Waals surface area contributed by atoms with E-state index in [1.54, 1.807) is 24.7 Å². The summed E-state index contributed by atoms with van der Waals surface area (Å²) in [7, 11) is 0. The number of piperidine rings is 1. The van der Waals surface area contributed by atoms with Crippen LogP contribution in [0.1, 0.15) is 53.0 Å². The molecular formula is C25H28ClN7O. The summed E-state index contributed by atoms with van der Waals surface area (Å²) in [5, 5.41) is 6.92. The molecule has 1 amide bonds. The van der Waals surface area contributed by atoms with Gasteiger partial charge in [-0.1, -0.05) is 23.7 Å². The minimum atomic E-state index is -0.279. The smallest absolute Gasteiger partial charge is 0.256 e. The van der Waals surface area contributed by atoms with Gasteiger partial charge in [0, 0.05) is 43.2 Å². The molecule has 1 saturated heterocycles. The first kappa shape index (κ1) is 22.5. The second-order valence-electron chi connectivity index (χ2n) is 9.20. The second-order valence-corrected chi connectivity index (χ2v) is 9.61. The fraction of sp³-hybridized carbons (Fsp3) is 0.400. The van der Waals surface area contributed by atoms with Gasteiger partial charge in [0.2, 0.25) is 5.95 Å². The molecule has 3 heterocycles. The highest BCUT2D eigenvalue weighted by atomic mass is 35.5. The van der Waals surface area contributed by atoms with Crippen LogP contribution in [0.15, 0.2) is 42.9 Å². The van der Waals surface area contributed by atoms with Crippen molar-refractivity contribution >= 4 is 29.3 Å². The summed E-state index contributed by atoms with van der Waals surface area (Å²) in [4.78, 5) is 32.9. The molecule has 0 atom stereocenters. The Morgan fingerprint density at radius 3 is 2.56 bits per heavy atom. The maximum Gasteiger partial charge on any atom is 0.256 e. The van der Waals surface area contributed by atoms with Gasteiger partial charge in [0.05, 0.1) is 6.54 Å². The molecular weight excluding hydrogens is 450 g/mol. The fourth-order valence-electron chi connectivity index (χ4n) is 4.29. The minimum absolute atomic E-state index is 0.225. The zero-order valence-corrected chi connectivity index (χ0v) is 20.0. The number of benzene rings is 1. The van der Waals surface area contributed by atoms with Crippen LogP contribution in [0.2, 0.25) is 5.02 Å². The Morgan fingerprint density at radius 2 is 1.85 bits per heavy atom. The molecule has 8 nitrogen and oxygen atoms in total. The molecule has 2 N–H and O–H groups in total. The molecule has 2 aromatic heterocycles. The highest BCUT2D eigenvalue weighted by molar-refractivity contribution is 6.31. The highest BCUT2D eigenvalue weighted by Gasteiger charge is 2.44. The molecule has 0 bridgehead atoms. The van der Waals surface area contributed by atoms with E-state index >= 15 is 0 Å². The number of rotatable bonds is 7. The molecule has 2 aliphatic rings. The van der Waals surface area contributed by atoms with Gasteiger partial charge >= 0.3 is 0 Å². The Kier molecular flexibility index (Phi) is 6.32. The number of aromatic nitrogens is 4. The lowest BCUT2D eigenvalue weighted by molar-refractivity contribution is 0.0950. The topological polar surface area (TPSA) is 95.9 Å². The summed E-state index contributed by atoms with van der Waals surface area (Å²) in [5.41, 5.74) is 2.99. The molecule has 34 heavy (non-hydrogen) atoms. The van der Waals surface area contributed by atoms with Gasteiger partial charge in [-0.2, -0.15) is 4.98 Å². The quantitative estimate of drug-likeness (QED) is 0.527. The molecule has 3 aromatic rings. The first-order valence-corrected chi connectivity index (χ1v) is 12.0. The number of hydrogen-bond acceptors (Lipinski definition) is 7. The lowest BCUT2D eigenvalue weighted by Crippen LogP contribution is -2.36. The molecule has 0 radical (unpaired) electrons. The summed E-state index contributed by atoms with van der Waals surface area (Å²) >= 11 is 6.30. The molecule has 1 aliphatic carbocycles. The van der Waals surface area contributed by atoms with Gasteiger partial charge in [-0.25, -0.2) is 15.0 Å². The van der Waals surface area contributed by atoms with Crippen molar-refractivity contribution in [2.24, 2.45) is 5.41 Å². The number of hydrogen-bond donors (Lipinski definition) is 2. The first-order chi connectivity index (χ1) is 16.5. The minimum Gasteiger partial charge on any atom is -0.365 e. The van der Waals surface area contributed by atoms with Crippen LogP contribution in [0.25, 0.3) is 0 Å². The molecule has 9 heteroatoms. The monoisotopic (exact) mass is 477 g/mol. The highest BCUT2D eigenvalue weighted by Crippen LogP contribution is 2.53. The van der Waals surface area contributed by atoms with Gasteiger partial charge in [-0.3, -0.25) is 4.79 Å². The van der Waals surface area contributed by atoms with Gasteiger partial charge in [-0.05, 0) is 61.3 Å². The van der Waals surface area contributed by atoms with Gasteiger partial charge in [0.15, 0.2) is 0 Å². The zero-order valence-electron chi connectivity index (χ0n) is 19.2. The Morgan fingerprint density at radius 1 is 1.09 bits per heavy atom. The van der Waals surface area contributed by atoms with Crippen molar-refractivity contribution in [1.29, 1.82) is 0 Å². The number of amides is 1. The molecule has 2 fully saturated rings. The Hall–Kier alpha value is -3.26. The molecule has 5 rings (SSSR count). The van der Waals surface area contributed by atoms with Crippen LogP contribution in [0, 0.1) is 12.3 Å². The maximum absolute atomic E-state index is 13.0. The number of nitrogens with one attached hydrogen (secondary N) is 2. The Bertz CT molecular complexity index is 1170. The number of anilines is 2. The maximum atomic E-state index is 13.0. The summed E-state index contributed by atoms with van der Waals surface area (Å²) in [6.45, 7) is 4.58. The number of carbonyl (C=O) groups excluding carboxylic acids is 1. The van der Waals surface area contributed by atoms with Crippen molar-refractivity contribution in [3.63, 3.8) is 0 Å². The van der Waals surface area contributed by atoms with E-state index in [0.717, 1.165) is 24.2 Å². The van der Waals surface area contributed by atoms with Crippen LogP contribution < -0.4 is 15.5 Å². The average molecular weight is 478 g/mol. The lowest BCUT2D eigenvalue weighted by atomic mass is 9.94. The van der Waals surface area contributed by atoms with Gasteiger partial charge in [0.25, 0.3) is 5.91 Å². The second kappa shape index (κ2) is 9.54. The van der Waals surface area contributed by atoms with Crippen molar-refractivity contribution in [2.75, 3.05) is 23.3 Å². The SMILES string of the molecule is Cc1ccc(CNc2nc(N3CCC4(CC3)CC4)ncc2C(=O)NCc2ncccn2)cc1Cl. The van der Waals surface area contributed by atoms with Crippen LogP contribution in [-0.2, 0) is 13.1 Å². The van der Waals surface area contributed by atoms with Crippen molar-refractivity contribution in [1.82, 2.24) is 25.3 Å². The first-order valence-electron chi connectivity index (χ1n) is 11.7. The van der Waals surface area contributed by atoms with E-state index in [1.165, 1.54) is 25.7 Å².